The Morgan fingerprint density at radius 3 is 2.52 bits per heavy atom. The van der Waals surface area contributed by atoms with Gasteiger partial charge >= 0.3 is 5.97 Å². The molecule has 1 heterocycles. The van der Waals surface area contributed by atoms with Crippen LogP contribution in [0.15, 0.2) is 41.2 Å². The van der Waals surface area contributed by atoms with E-state index in [0.717, 1.165) is 4.68 Å². The number of benzene rings is 1. The summed E-state index contributed by atoms with van der Waals surface area (Å²) in [4.78, 5) is 35.2. The molecular weight excluding hydrogens is 346 g/mol. The van der Waals surface area contributed by atoms with Crippen molar-refractivity contribution in [2.45, 2.75) is 26.4 Å². The minimum Gasteiger partial charge on any atom is -0.480 e. The molecule has 132 valence electrons. The average Bonchev–Trinajstić information content (AvgIpc) is 2.54. The molecule has 1 aromatic heterocycles. The highest BCUT2D eigenvalue weighted by molar-refractivity contribution is 6.33. The van der Waals surface area contributed by atoms with Gasteiger partial charge in [-0.1, -0.05) is 43.6 Å². The van der Waals surface area contributed by atoms with Crippen LogP contribution in [0.5, 0.6) is 0 Å². The summed E-state index contributed by atoms with van der Waals surface area (Å²) < 4.78 is 0.979. The van der Waals surface area contributed by atoms with Crippen LogP contribution in [-0.4, -0.2) is 32.8 Å². The molecule has 7 nitrogen and oxygen atoms in total. The van der Waals surface area contributed by atoms with E-state index in [9.17, 15) is 14.4 Å². The minimum atomic E-state index is -1.13. The number of hydrogen-bond acceptors (Lipinski definition) is 4. The smallest absolute Gasteiger partial charge is 0.326 e. The molecule has 0 spiro atoms. The van der Waals surface area contributed by atoms with Gasteiger partial charge in [-0.3, -0.25) is 9.59 Å². The van der Waals surface area contributed by atoms with Gasteiger partial charge in [0.1, 0.15) is 12.6 Å². The fraction of sp³-hybridized carbons (Fsp3) is 0.294. The van der Waals surface area contributed by atoms with Crippen LogP contribution < -0.4 is 10.9 Å². The SMILES string of the molecule is CC(C)[C@@H](NC(=O)Cn1nc(-c2ccccc2Cl)ccc1=O)C(=O)O. The van der Waals surface area contributed by atoms with Crippen LogP contribution >= 0.6 is 11.6 Å². The maximum Gasteiger partial charge on any atom is 0.326 e. The predicted octanol–water partition coefficient (Wildman–Crippen LogP) is 1.79. The quantitative estimate of drug-likeness (QED) is 0.814. The summed E-state index contributed by atoms with van der Waals surface area (Å²) in [6.45, 7) is 2.98. The second-order valence-corrected chi connectivity index (χ2v) is 6.23. The minimum absolute atomic E-state index is 0.291. The van der Waals surface area contributed by atoms with E-state index in [2.05, 4.69) is 10.4 Å². The summed E-state index contributed by atoms with van der Waals surface area (Å²) in [5, 5.41) is 16.1. The van der Waals surface area contributed by atoms with E-state index in [-0.39, 0.29) is 12.5 Å². The van der Waals surface area contributed by atoms with Crippen molar-refractivity contribution in [2.24, 2.45) is 5.92 Å². The molecule has 2 rings (SSSR count). The number of halogens is 1. The standard InChI is InChI=1S/C17H18ClN3O4/c1-10(2)16(17(24)25)19-14(22)9-21-15(23)8-7-13(20-21)11-5-3-4-6-12(11)18/h3-8,10,16H,9H2,1-2H3,(H,19,22)(H,24,25)/t16-/m1/s1. The number of carbonyl (C=O) groups excluding carboxylic acids is 1. The number of nitrogens with one attached hydrogen (secondary N) is 1. The van der Waals surface area contributed by atoms with Gasteiger partial charge in [-0.2, -0.15) is 5.10 Å². The summed E-state index contributed by atoms with van der Waals surface area (Å²) in [6, 6.07) is 8.77. The molecule has 1 atom stereocenters. The second-order valence-electron chi connectivity index (χ2n) is 5.82. The first-order chi connectivity index (χ1) is 11.8. The lowest BCUT2D eigenvalue weighted by Crippen LogP contribution is -2.46. The summed E-state index contributed by atoms with van der Waals surface area (Å²) >= 11 is 6.12. The van der Waals surface area contributed by atoms with Gasteiger partial charge in [0.15, 0.2) is 0 Å². The Bertz CT molecular complexity index is 848. The molecule has 0 aliphatic carbocycles. The fourth-order valence-corrected chi connectivity index (χ4v) is 2.48. The molecule has 0 bridgehead atoms. The number of rotatable bonds is 6. The van der Waals surface area contributed by atoms with Gasteiger partial charge in [-0.05, 0) is 18.1 Å². The highest BCUT2D eigenvalue weighted by Crippen LogP contribution is 2.24. The van der Waals surface area contributed by atoms with Gasteiger partial charge in [0.25, 0.3) is 5.56 Å². The van der Waals surface area contributed by atoms with E-state index in [1.807, 2.05) is 0 Å². The van der Waals surface area contributed by atoms with Crippen molar-refractivity contribution < 1.29 is 14.7 Å². The molecule has 0 unspecified atom stereocenters. The third kappa shape index (κ3) is 4.67. The number of carboxylic acids is 1. The van der Waals surface area contributed by atoms with Crippen LogP contribution in [-0.2, 0) is 16.1 Å². The third-order valence-electron chi connectivity index (χ3n) is 3.56. The van der Waals surface area contributed by atoms with Crippen molar-refractivity contribution in [3.05, 3.63) is 51.8 Å². The summed E-state index contributed by atoms with van der Waals surface area (Å²) in [5.74, 6) is -2.03. The largest absolute Gasteiger partial charge is 0.480 e. The zero-order chi connectivity index (χ0) is 18.6. The Morgan fingerprint density at radius 2 is 1.92 bits per heavy atom. The van der Waals surface area contributed by atoms with Crippen LogP contribution in [0.4, 0.5) is 0 Å². The number of carboxylic acid groups (broad SMARTS) is 1. The molecule has 0 radical (unpaired) electrons. The molecule has 25 heavy (non-hydrogen) atoms. The van der Waals surface area contributed by atoms with Gasteiger partial charge in [-0.25, -0.2) is 9.48 Å². The van der Waals surface area contributed by atoms with E-state index in [0.29, 0.717) is 16.3 Å². The number of amides is 1. The number of aromatic nitrogens is 2. The van der Waals surface area contributed by atoms with Crippen LogP contribution in [0, 0.1) is 5.92 Å². The lowest BCUT2D eigenvalue weighted by molar-refractivity contribution is -0.143. The van der Waals surface area contributed by atoms with E-state index in [4.69, 9.17) is 16.7 Å². The predicted molar refractivity (Wildman–Crippen MR) is 93.3 cm³/mol. The lowest BCUT2D eigenvalue weighted by atomic mass is 10.1. The average molecular weight is 364 g/mol. The first-order valence-electron chi connectivity index (χ1n) is 7.65. The topological polar surface area (TPSA) is 101 Å². The fourth-order valence-electron chi connectivity index (χ4n) is 2.24. The van der Waals surface area contributed by atoms with Crippen LogP contribution in [0.1, 0.15) is 13.8 Å². The van der Waals surface area contributed by atoms with E-state index < -0.39 is 23.5 Å². The van der Waals surface area contributed by atoms with Gasteiger partial charge in [0, 0.05) is 11.6 Å². The number of nitrogens with zero attached hydrogens (tertiary/aromatic N) is 2. The Balaban J connectivity index is 2.24. The molecule has 0 saturated carbocycles. The van der Waals surface area contributed by atoms with Crippen LogP contribution in [0.25, 0.3) is 11.3 Å². The van der Waals surface area contributed by atoms with E-state index >= 15 is 0 Å². The Kier molecular flexibility index (Phi) is 5.93. The van der Waals surface area contributed by atoms with Crippen molar-refractivity contribution in [3.8, 4) is 11.3 Å². The molecule has 2 N–H and O–H groups in total. The molecule has 0 saturated heterocycles. The van der Waals surface area contributed by atoms with Crippen molar-refractivity contribution in [3.63, 3.8) is 0 Å². The van der Waals surface area contributed by atoms with Crippen molar-refractivity contribution in [1.82, 2.24) is 15.1 Å². The molecule has 1 aromatic carbocycles. The maximum atomic E-state index is 12.1. The van der Waals surface area contributed by atoms with E-state index in [1.165, 1.54) is 12.1 Å². The Labute approximate surface area is 149 Å². The maximum absolute atomic E-state index is 12.1. The lowest BCUT2D eigenvalue weighted by Gasteiger charge is -2.18. The molecule has 0 aliphatic rings. The first-order valence-corrected chi connectivity index (χ1v) is 8.02. The van der Waals surface area contributed by atoms with Crippen LogP contribution in [0.2, 0.25) is 5.02 Å². The molecule has 0 fully saturated rings. The summed E-state index contributed by atoms with van der Waals surface area (Å²) in [7, 11) is 0. The normalized spacial score (nSPS) is 12.0. The van der Waals surface area contributed by atoms with Gasteiger partial charge in [0.2, 0.25) is 5.91 Å². The van der Waals surface area contributed by atoms with Crippen molar-refractivity contribution in [2.75, 3.05) is 0 Å². The van der Waals surface area contributed by atoms with Crippen molar-refractivity contribution in [1.29, 1.82) is 0 Å². The third-order valence-corrected chi connectivity index (χ3v) is 3.89. The Morgan fingerprint density at radius 1 is 1.24 bits per heavy atom. The zero-order valence-electron chi connectivity index (χ0n) is 13.8. The van der Waals surface area contributed by atoms with Crippen molar-refractivity contribution >= 4 is 23.5 Å². The second kappa shape index (κ2) is 7.94. The number of aliphatic carboxylic acids is 1. The highest BCUT2D eigenvalue weighted by atomic mass is 35.5. The summed E-state index contributed by atoms with van der Waals surface area (Å²) in [5.41, 5.74) is 0.600. The first kappa shape index (κ1) is 18.7. The molecule has 2 aromatic rings. The number of hydrogen-bond donors (Lipinski definition) is 2. The molecule has 1 amide bonds. The van der Waals surface area contributed by atoms with Gasteiger partial charge in [0.05, 0.1) is 10.7 Å². The molecule has 8 heteroatoms. The van der Waals surface area contributed by atoms with Gasteiger partial charge < -0.3 is 10.4 Å². The number of carbonyl (C=O) groups is 2. The molecular formula is C17H18ClN3O4. The van der Waals surface area contributed by atoms with Crippen LogP contribution in [0.3, 0.4) is 0 Å². The monoisotopic (exact) mass is 363 g/mol. The molecule has 0 aliphatic heterocycles. The Hall–Kier alpha value is -2.67. The van der Waals surface area contributed by atoms with Gasteiger partial charge in [-0.15, -0.1) is 0 Å². The summed E-state index contributed by atoms with van der Waals surface area (Å²) in [6.07, 6.45) is 0. The van der Waals surface area contributed by atoms with E-state index in [1.54, 1.807) is 38.1 Å². The highest BCUT2D eigenvalue weighted by Gasteiger charge is 2.23. The zero-order valence-corrected chi connectivity index (χ0v) is 14.5.